The summed E-state index contributed by atoms with van der Waals surface area (Å²) in [6.45, 7) is 0. The van der Waals surface area contributed by atoms with Crippen molar-refractivity contribution in [3.8, 4) is 11.5 Å². The number of nitrogens with zero attached hydrogens (tertiary/aromatic N) is 2. The Hall–Kier alpha value is -2.50. The van der Waals surface area contributed by atoms with E-state index in [-0.39, 0.29) is 5.82 Å². The van der Waals surface area contributed by atoms with Crippen molar-refractivity contribution in [1.29, 1.82) is 0 Å². The van der Waals surface area contributed by atoms with Gasteiger partial charge in [0.15, 0.2) is 11.4 Å². The zero-order chi connectivity index (χ0) is 11.1. The zero-order valence-electron chi connectivity index (χ0n) is 8.27. The summed E-state index contributed by atoms with van der Waals surface area (Å²) in [6.07, 6.45) is 0. The second kappa shape index (κ2) is 2.99. The van der Waals surface area contributed by atoms with Gasteiger partial charge >= 0.3 is 0 Å². The van der Waals surface area contributed by atoms with Gasteiger partial charge in [-0.25, -0.2) is 4.98 Å². The minimum atomic E-state index is 0.282. The lowest BCUT2D eigenvalue weighted by Gasteiger charge is -1.92. The monoisotopic (exact) mass is 215 g/mol. The molecule has 6 nitrogen and oxygen atoms in total. The summed E-state index contributed by atoms with van der Waals surface area (Å²) in [5.74, 6) is 1.01. The predicted octanol–water partition coefficient (Wildman–Crippen LogP) is 1.38. The molecule has 0 spiro atoms. The molecule has 3 aromatic rings. The zero-order valence-corrected chi connectivity index (χ0v) is 8.27. The predicted molar refractivity (Wildman–Crippen MR) is 60.4 cm³/mol. The summed E-state index contributed by atoms with van der Waals surface area (Å²) in [4.78, 5) is 4.29. The van der Waals surface area contributed by atoms with E-state index < -0.39 is 0 Å². The highest BCUT2D eigenvalue weighted by atomic mass is 16.3. The number of nitrogens with one attached hydrogen (secondary N) is 1. The second-order valence-corrected chi connectivity index (χ2v) is 3.38. The Balaban J connectivity index is 2.27. The van der Waals surface area contributed by atoms with E-state index >= 15 is 0 Å². The molecule has 0 aliphatic heterocycles. The Labute approximate surface area is 90.3 Å². The molecule has 0 saturated heterocycles. The number of aromatic amines is 1. The normalized spacial score (nSPS) is 11.0. The molecule has 3 rings (SSSR count). The van der Waals surface area contributed by atoms with Crippen LogP contribution in [0.2, 0.25) is 0 Å². The number of fused-ring (bicyclic) bond motifs is 1. The number of oxazole rings is 1. The summed E-state index contributed by atoms with van der Waals surface area (Å²) in [5.41, 5.74) is 13.3. The number of benzene rings is 1. The van der Waals surface area contributed by atoms with Crippen LogP contribution in [0.1, 0.15) is 0 Å². The molecule has 0 unspecified atom stereocenters. The molecule has 0 fully saturated rings. The average molecular weight is 215 g/mol. The maximum Gasteiger partial charge on any atom is 0.234 e. The Morgan fingerprint density at radius 1 is 1.19 bits per heavy atom. The summed E-state index contributed by atoms with van der Waals surface area (Å²) >= 11 is 0. The molecule has 16 heavy (non-hydrogen) atoms. The lowest BCUT2D eigenvalue weighted by Crippen LogP contribution is -1.90. The van der Waals surface area contributed by atoms with Crippen LogP contribution in [0.3, 0.4) is 0 Å². The molecule has 1 aromatic carbocycles. The topological polar surface area (TPSA) is 107 Å². The van der Waals surface area contributed by atoms with Gasteiger partial charge in [0.2, 0.25) is 5.89 Å². The number of H-pyrrole nitrogens is 1. The van der Waals surface area contributed by atoms with Gasteiger partial charge in [-0.05, 0) is 12.1 Å². The number of anilines is 2. The summed E-state index contributed by atoms with van der Waals surface area (Å²) < 4.78 is 5.54. The maximum absolute atomic E-state index is 5.70. The number of rotatable bonds is 1. The van der Waals surface area contributed by atoms with Crippen LogP contribution in [-0.2, 0) is 0 Å². The van der Waals surface area contributed by atoms with Crippen LogP contribution in [0, 0.1) is 0 Å². The second-order valence-electron chi connectivity index (χ2n) is 3.38. The Bertz CT molecular complexity index is 602. The third-order valence-corrected chi connectivity index (χ3v) is 2.33. The van der Waals surface area contributed by atoms with Crippen LogP contribution >= 0.6 is 0 Å². The van der Waals surface area contributed by atoms with E-state index in [1.807, 2.05) is 24.3 Å². The van der Waals surface area contributed by atoms with Crippen molar-refractivity contribution < 1.29 is 4.42 Å². The van der Waals surface area contributed by atoms with Gasteiger partial charge in [-0.1, -0.05) is 12.1 Å². The first-order valence-electron chi connectivity index (χ1n) is 4.71. The van der Waals surface area contributed by atoms with Crippen LogP contribution in [-0.4, -0.2) is 15.2 Å². The lowest BCUT2D eigenvalue weighted by atomic mass is 10.3. The molecule has 0 atom stereocenters. The molecule has 5 N–H and O–H groups in total. The van der Waals surface area contributed by atoms with Gasteiger partial charge in [0, 0.05) is 0 Å². The highest BCUT2D eigenvalue weighted by Crippen LogP contribution is 2.31. The van der Waals surface area contributed by atoms with Crippen LogP contribution in [0.25, 0.3) is 22.6 Å². The molecular formula is C10H9N5O. The van der Waals surface area contributed by atoms with E-state index in [0.29, 0.717) is 22.9 Å². The number of aromatic nitrogens is 3. The van der Waals surface area contributed by atoms with E-state index in [0.717, 1.165) is 5.52 Å². The maximum atomic E-state index is 5.70. The molecule has 80 valence electrons. The van der Waals surface area contributed by atoms with Gasteiger partial charge in [-0.15, -0.1) is 0 Å². The van der Waals surface area contributed by atoms with Crippen LogP contribution in [0.15, 0.2) is 28.7 Å². The molecule has 0 aliphatic rings. The van der Waals surface area contributed by atoms with Crippen LogP contribution < -0.4 is 11.5 Å². The fourth-order valence-corrected chi connectivity index (χ4v) is 1.57. The quantitative estimate of drug-likeness (QED) is 0.568. The molecule has 0 aliphatic carbocycles. The molecule has 0 radical (unpaired) electrons. The standard InChI is InChI=1S/C10H9N5O/c11-8-7(9(12)15-14-8)10-13-5-3-1-2-4-6(5)16-10/h1-4H,(H5,11,12,14,15). The lowest BCUT2D eigenvalue weighted by molar-refractivity contribution is 0.620. The first-order chi connectivity index (χ1) is 7.75. The Morgan fingerprint density at radius 2 is 2.00 bits per heavy atom. The van der Waals surface area contributed by atoms with Gasteiger partial charge in [-0.2, -0.15) is 5.10 Å². The van der Waals surface area contributed by atoms with Crippen molar-refractivity contribution in [1.82, 2.24) is 15.2 Å². The van der Waals surface area contributed by atoms with Gasteiger partial charge in [-0.3, -0.25) is 5.10 Å². The largest absolute Gasteiger partial charge is 0.436 e. The number of hydrogen-bond donors (Lipinski definition) is 3. The van der Waals surface area contributed by atoms with Crippen molar-refractivity contribution in [3.63, 3.8) is 0 Å². The van der Waals surface area contributed by atoms with Crippen molar-refractivity contribution >= 4 is 22.7 Å². The number of nitrogens with two attached hydrogens (primary N) is 2. The minimum absolute atomic E-state index is 0.282. The molecule has 0 amide bonds. The minimum Gasteiger partial charge on any atom is -0.436 e. The SMILES string of the molecule is Nc1n[nH]c(N)c1-c1nc2ccccc2o1. The summed E-state index contributed by atoms with van der Waals surface area (Å²) in [7, 11) is 0. The number of hydrogen-bond acceptors (Lipinski definition) is 5. The average Bonchev–Trinajstić information content (AvgIpc) is 2.82. The third-order valence-electron chi connectivity index (χ3n) is 2.33. The molecule has 0 bridgehead atoms. The van der Waals surface area contributed by atoms with Crippen LogP contribution in [0.4, 0.5) is 11.6 Å². The number of nitrogen functional groups attached to an aromatic ring is 2. The first kappa shape index (κ1) is 8.78. The van der Waals surface area contributed by atoms with Crippen molar-refractivity contribution in [2.75, 3.05) is 11.5 Å². The van der Waals surface area contributed by atoms with Gasteiger partial charge in [0.05, 0.1) is 0 Å². The van der Waals surface area contributed by atoms with E-state index in [1.54, 1.807) is 0 Å². The molecule has 0 saturated carbocycles. The molecule has 6 heteroatoms. The smallest absolute Gasteiger partial charge is 0.234 e. The highest BCUT2D eigenvalue weighted by molar-refractivity contribution is 5.83. The van der Waals surface area contributed by atoms with Crippen molar-refractivity contribution in [2.24, 2.45) is 0 Å². The summed E-state index contributed by atoms with van der Waals surface area (Å²) in [5, 5.41) is 6.37. The number of para-hydroxylation sites is 2. The molecular weight excluding hydrogens is 206 g/mol. The van der Waals surface area contributed by atoms with Gasteiger partial charge in [0.25, 0.3) is 0 Å². The summed E-state index contributed by atoms with van der Waals surface area (Å²) in [6, 6.07) is 7.45. The first-order valence-corrected chi connectivity index (χ1v) is 4.71. The fraction of sp³-hybridized carbons (Fsp3) is 0. The van der Waals surface area contributed by atoms with Crippen molar-refractivity contribution in [3.05, 3.63) is 24.3 Å². The van der Waals surface area contributed by atoms with Crippen molar-refractivity contribution in [2.45, 2.75) is 0 Å². The highest BCUT2D eigenvalue weighted by Gasteiger charge is 2.16. The van der Waals surface area contributed by atoms with Gasteiger partial charge < -0.3 is 15.9 Å². The van der Waals surface area contributed by atoms with Gasteiger partial charge in [0.1, 0.15) is 16.9 Å². The molecule has 2 heterocycles. The van der Waals surface area contributed by atoms with E-state index in [1.165, 1.54) is 0 Å². The third kappa shape index (κ3) is 1.13. The van der Waals surface area contributed by atoms with E-state index in [2.05, 4.69) is 15.2 Å². The fourth-order valence-electron chi connectivity index (χ4n) is 1.57. The van der Waals surface area contributed by atoms with Crippen LogP contribution in [0.5, 0.6) is 0 Å². The Kier molecular flexibility index (Phi) is 1.64. The molecule has 2 aromatic heterocycles. The Morgan fingerprint density at radius 3 is 2.69 bits per heavy atom. The van der Waals surface area contributed by atoms with E-state index in [9.17, 15) is 0 Å². The van der Waals surface area contributed by atoms with E-state index in [4.69, 9.17) is 15.9 Å².